The van der Waals surface area contributed by atoms with Crippen LogP contribution in [0.15, 0.2) is 0 Å². The van der Waals surface area contributed by atoms with Crippen molar-refractivity contribution in [3.8, 4) is 0 Å². The van der Waals surface area contributed by atoms with Gasteiger partial charge in [0, 0.05) is 21.2 Å². The molecule has 4 N–H and O–H groups in total. The molecule has 0 bridgehead atoms. The molecule has 0 aliphatic heterocycles. The number of hydrogen-bond donors (Lipinski definition) is 3. The molecular weight excluding hydrogens is 252 g/mol. The Kier molecular flexibility index (Phi) is 4.78. The van der Waals surface area contributed by atoms with Crippen LogP contribution >= 0.6 is 0 Å². The Bertz CT molecular complexity index is 396. The van der Waals surface area contributed by atoms with Crippen molar-refractivity contribution in [3.63, 3.8) is 0 Å². The molecule has 1 rings (SSSR count). The number of carbonyl (C=O) groups is 1. The molecule has 1 aliphatic rings. The fourth-order valence-electron chi connectivity index (χ4n) is 2.61. The van der Waals surface area contributed by atoms with Gasteiger partial charge < -0.3 is 10.8 Å². The van der Waals surface area contributed by atoms with E-state index in [4.69, 9.17) is 15.6 Å². The van der Waals surface area contributed by atoms with Gasteiger partial charge in [0.05, 0.1) is 0 Å². The van der Waals surface area contributed by atoms with Crippen LogP contribution in [0.1, 0.15) is 39.5 Å². The lowest BCUT2D eigenvalue weighted by Crippen LogP contribution is -2.34. The van der Waals surface area contributed by atoms with Gasteiger partial charge in [-0.15, -0.1) is 0 Å². The van der Waals surface area contributed by atoms with Crippen molar-refractivity contribution in [2.24, 2.45) is 17.1 Å². The van der Waals surface area contributed by atoms with Crippen LogP contribution in [0, 0.1) is 16.1 Å². The Hall–Kier alpha value is -0.620. The third-order valence-corrected chi connectivity index (χ3v) is 5.40. The summed E-state index contributed by atoms with van der Waals surface area (Å²) in [5.74, 6) is -0.0401. The maximum Gasteiger partial charge on any atom is 0.320 e. The smallest absolute Gasteiger partial charge is 0.320 e. The van der Waals surface area contributed by atoms with Crippen molar-refractivity contribution in [2.75, 3.05) is 11.5 Å². The fraction of sp³-hybridized carbons (Fsp3) is 0.917. The number of carboxylic acid groups (broad SMARTS) is 1. The Balaban J connectivity index is 2.26. The molecule has 1 saturated carbocycles. The van der Waals surface area contributed by atoms with Crippen LogP contribution in [0.25, 0.3) is 0 Å². The van der Waals surface area contributed by atoms with Crippen molar-refractivity contribution in [2.45, 2.75) is 45.6 Å². The van der Waals surface area contributed by atoms with E-state index in [0.717, 1.165) is 19.3 Å². The molecule has 106 valence electrons. The zero-order valence-corrected chi connectivity index (χ0v) is 12.0. The minimum absolute atomic E-state index is 0.0938. The second-order valence-electron chi connectivity index (χ2n) is 6.18. The molecule has 0 aromatic heterocycles. The van der Waals surface area contributed by atoms with Crippen molar-refractivity contribution >= 4 is 15.7 Å². The molecule has 18 heavy (non-hydrogen) atoms. The molecule has 0 spiro atoms. The minimum atomic E-state index is -2.66. The fourth-order valence-corrected chi connectivity index (χ4v) is 4.16. The molecule has 1 fully saturated rings. The molecule has 1 unspecified atom stereocenters. The second kappa shape index (κ2) is 5.57. The van der Waals surface area contributed by atoms with E-state index in [9.17, 15) is 9.00 Å². The van der Waals surface area contributed by atoms with Crippen LogP contribution in [0.4, 0.5) is 0 Å². The SMILES string of the molecule is CC1(C)CC(CCS(=N)(=O)CC[C@H](N)C(=O)O)C1. The van der Waals surface area contributed by atoms with Gasteiger partial charge in [-0.3, -0.25) is 9.57 Å². The maximum absolute atomic E-state index is 11.9. The van der Waals surface area contributed by atoms with E-state index >= 15 is 0 Å². The Labute approximate surface area is 109 Å². The zero-order valence-electron chi connectivity index (χ0n) is 11.1. The molecular formula is C12H24N2O3S. The van der Waals surface area contributed by atoms with Gasteiger partial charge in [-0.2, -0.15) is 0 Å². The van der Waals surface area contributed by atoms with E-state index in [1.165, 1.54) is 0 Å². The van der Waals surface area contributed by atoms with E-state index in [1.54, 1.807) is 0 Å². The van der Waals surface area contributed by atoms with Crippen LogP contribution in [0.3, 0.4) is 0 Å². The minimum Gasteiger partial charge on any atom is -0.480 e. The van der Waals surface area contributed by atoms with E-state index in [-0.39, 0.29) is 12.2 Å². The average Bonchev–Trinajstić information content (AvgIpc) is 2.20. The Morgan fingerprint density at radius 1 is 1.50 bits per heavy atom. The van der Waals surface area contributed by atoms with Crippen molar-refractivity contribution < 1.29 is 14.1 Å². The Morgan fingerprint density at radius 2 is 2.06 bits per heavy atom. The summed E-state index contributed by atoms with van der Waals surface area (Å²) in [7, 11) is -2.66. The van der Waals surface area contributed by atoms with Gasteiger partial charge in [-0.05, 0) is 37.0 Å². The van der Waals surface area contributed by atoms with Crippen LogP contribution in [-0.4, -0.2) is 32.8 Å². The summed E-state index contributed by atoms with van der Waals surface area (Å²) in [6, 6.07) is -1.00. The molecule has 5 nitrogen and oxygen atoms in total. The van der Waals surface area contributed by atoms with Gasteiger partial charge in [-0.25, -0.2) is 4.21 Å². The summed E-state index contributed by atoms with van der Waals surface area (Å²) in [6.07, 6.45) is 3.20. The van der Waals surface area contributed by atoms with Gasteiger partial charge in [0.25, 0.3) is 0 Å². The molecule has 6 heteroatoms. The molecule has 1 aliphatic carbocycles. The lowest BCUT2D eigenvalue weighted by molar-refractivity contribution is -0.138. The highest BCUT2D eigenvalue weighted by Crippen LogP contribution is 2.46. The van der Waals surface area contributed by atoms with E-state index < -0.39 is 21.7 Å². The van der Waals surface area contributed by atoms with Crippen LogP contribution in [-0.2, 0) is 14.5 Å². The van der Waals surface area contributed by atoms with Crippen LogP contribution < -0.4 is 5.73 Å². The first kappa shape index (κ1) is 15.4. The summed E-state index contributed by atoms with van der Waals surface area (Å²) in [5.41, 5.74) is 5.75. The van der Waals surface area contributed by atoms with Gasteiger partial charge in [0.1, 0.15) is 6.04 Å². The van der Waals surface area contributed by atoms with Crippen molar-refractivity contribution in [3.05, 3.63) is 0 Å². The first-order valence-corrected chi connectivity index (χ1v) is 8.23. The third-order valence-electron chi connectivity index (χ3n) is 3.61. The topological polar surface area (TPSA) is 104 Å². The zero-order chi connectivity index (χ0) is 14.0. The van der Waals surface area contributed by atoms with Gasteiger partial charge in [-0.1, -0.05) is 13.8 Å². The molecule has 0 saturated heterocycles. The highest BCUT2D eigenvalue weighted by molar-refractivity contribution is 7.92. The number of rotatable bonds is 7. The third kappa shape index (κ3) is 4.94. The molecule has 0 heterocycles. The standard InChI is InChI=1S/C12H24N2O3S/c1-12(2)7-9(8-12)3-5-18(14,17)6-4-10(13)11(15)16/h9-10,14H,3-8,13H2,1-2H3,(H,15,16)/t10-,18?/m0/s1. The number of nitrogens with one attached hydrogen (secondary N) is 1. The summed E-state index contributed by atoms with van der Waals surface area (Å²) >= 11 is 0. The summed E-state index contributed by atoms with van der Waals surface area (Å²) in [6.45, 7) is 4.43. The highest BCUT2D eigenvalue weighted by atomic mass is 32.2. The largest absolute Gasteiger partial charge is 0.480 e. The number of nitrogens with two attached hydrogens (primary N) is 1. The average molecular weight is 276 g/mol. The van der Waals surface area contributed by atoms with Gasteiger partial charge in [0.2, 0.25) is 0 Å². The highest BCUT2D eigenvalue weighted by Gasteiger charge is 2.35. The van der Waals surface area contributed by atoms with Gasteiger partial charge in [0.15, 0.2) is 0 Å². The Morgan fingerprint density at radius 3 is 2.50 bits per heavy atom. The summed E-state index contributed by atoms with van der Waals surface area (Å²) in [4.78, 5) is 10.5. The predicted octanol–water partition coefficient (Wildman–Crippen LogP) is 1.66. The number of carboxylic acids is 1. The molecule has 2 atom stereocenters. The maximum atomic E-state index is 11.9. The monoisotopic (exact) mass is 276 g/mol. The summed E-state index contributed by atoms with van der Waals surface area (Å²) in [5, 5.41) is 8.62. The normalized spacial score (nSPS) is 23.9. The first-order chi connectivity index (χ1) is 8.11. The predicted molar refractivity (Wildman–Crippen MR) is 71.9 cm³/mol. The molecule has 0 radical (unpaired) electrons. The van der Waals surface area contributed by atoms with Crippen molar-refractivity contribution in [1.29, 1.82) is 4.78 Å². The summed E-state index contributed by atoms with van der Waals surface area (Å²) < 4.78 is 19.7. The van der Waals surface area contributed by atoms with Crippen LogP contribution in [0.5, 0.6) is 0 Å². The van der Waals surface area contributed by atoms with E-state index in [1.807, 2.05) is 0 Å². The lowest BCUT2D eigenvalue weighted by Gasteiger charge is -2.42. The quantitative estimate of drug-likeness (QED) is 0.657. The number of aliphatic carboxylic acids is 1. The van der Waals surface area contributed by atoms with E-state index in [2.05, 4.69) is 13.8 Å². The van der Waals surface area contributed by atoms with E-state index in [0.29, 0.717) is 17.1 Å². The lowest BCUT2D eigenvalue weighted by atomic mass is 9.64. The molecule has 0 amide bonds. The second-order valence-corrected chi connectivity index (χ2v) is 8.62. The first-order valence-electron chi connectivity index (χ1n) is 6.34. The number of hydrogen-bond acceptors (Lipinski definition) is 4. The molecule has 0 aromatic carbocycles. The van der Waals surface area contributed by atoms with Gasteiger partial charge >= 0.3 is 5.97 Å². The van der Waals surface area contributed by atoms with Crippen LogP contribution in [0.2, 0.25) is 0 Å². The molecule has 0 aromatic rings. The van der Waals surface area contributed by atoms with Crippen molar-refractivity contribution in [1.82, 2.24) is 0 Å².